The summed E-state index contributed by atoms with van der Waals surface area (Å²) in [7, 11) is 1.24. The van der Waals surface area contributed by atoms with E-state index in [1.54, 1.807) is 13.0 Å². The zero-order chi connectivity index (χ0) is 26.8. The second-order valence-electron chi connectivity index (χ2n) is 11.1. The molecule has 1 fully saturated rings. The number of methoxy groups -OCH3 is 1. The molecule has 0 aromatic rings. The molecule has 9 nitrogen and oxygen atoms in total. The smallest absolute Gasteiger partial charge is 0.321 e. The molecular formula is C27H34O9. The number of Topliss-reactive ketones (excluding diaryl/α,β-unsaturated/α-hetero) is 1. The zero-order valence-electron chi connectivity index (χ0n) is 21.0. The van der Waals surface area contributed by atoms with Gasteiger partial charge < -0.3 is 29.9 Å². The molecule has 4 aliphatic rings. The first-order valence-electron chi connectivity index (χ1n) is 12.2. The van der Waals surface area contributed by atoms with E-state index in [1.807, 2.05) is 13.8 Å². The number of carbonyl (C=O) groups is 3. The molecule has 0 spiro atoms. The Labute approximate surface area is 209 Å². The van der Waals surface area contributed by atoms with Gasteiger partial charge in [0.1, 0.15) is 23.4 Å². The third kappa shape index (κ3) is 3.51. The minimum absolute atomic E-state index is 0.0448. The molecule has 196 valence electrons. The maximum atomic E-state index is 14.1. The normalized spacial score (nSPS) is 38.1. The van der Waals surface area contributed by atoms with Crippen LogP contribution in [0.15, 0.2) is 47.0 Å². The number of rotatable bonds is 4. The molecule has 4 N–H and O–H groups in total. The lowest BCUT2D eigenvalue weighted by Gasteiger charge is -2.53. The van der Waals surface area contributed by atoms with Gasteiger partial charge in [0, 0.05) is 22.6 Å². The van der Waals surface area contributed by atoms with Gasteiger partial charge in [0.05, 0.1) is 13.2 Å². The Morgan fingerprint density at radius 2 is 1.81 bits per heavy atom. The number of esters is 1. The molecule has 0 amide bonds. The molecule has 0 bridgehead atoms. The van der Waals surface area contributed by atoms with E-state index in [1.165, 1.54) is 7.11 Å². The number of allylic oxidation sites excluding steroid dienone is 1. The molecule has 0 aromatic heterocycles. The molecule has 0 aliphatic heterocycles. The van der Waals surface area contributed by atoms with Crippen LogP contribution < -0.4 is 0 Å². The van der Waals surface area contributed by atoms with Crippen molar-refractivity contribution in [2.45, 2.75) is 77.3 Å². The maximum Gasteiger partial charge on any atom is 0.321 e. The highest BCUT2D eigenvalue weighted by molar-refractivity contribution is 6.12. The molecule has 6 atom stereocenters. The number of fused-ring (bicyclic) bond motifs is 2. The van der Waals surface area contributed by atoms with Crippen molar-refractivity contribution in [2.75, 3.05) is 7.11 Å². The standard InChI is InChI=1S/C27H34O9/c1-6-26(4)11-8-13-16(23(26)33)18(30)20(32)22-25(2,3)9-7-10-27(13,22)24(34)36-21-14(28)12-15(35-5)17(29)19(21)31/h6,12,17,19,21,23,29,31-33H,1,7-11H2,2-5H3/t17-,19-,21+,23-,26+,27+/m1/s1. The SMILES string of the molecule is C=C[C@@]1(C)CCC2=C(C(=O)C(O)=C3C(C)(C)CCC[C@]23C(=O)O[C@H]2C(=O)C=C(OC)[C@@H](O)[C@H]2O)[C@H]1O. The Bertz CT molecular complexity index is 1130. The van der Waals surface area contributed by atoms with Crippen molar-refractivity contribution in [1.29, 1.82) is 0 Å². The Hall–Kier alpha value is -2.75. The van der Waals surface area contributed by atoms with Crippen LogP contribution in [0.4, 0.5) is 0 Å². The van der Waals surface area contributed by atoms with E-state index in [-0.39, 0.29) is 29.7 Å². The van der Waals surface area contributed by atoms with Crippen molar-refractivity contribution in [1.82, 2.24) is 0 Å². The number of carbonyl (C=O) groups excluding carboxylic acids is 3. The minimum Gasteiger partial charge on any atom is -0.504 e. The van der Waals surface area contributed by atoms with Gasteiger partial charge in [-0.25, -0.2) is 0 Å². The minimum atomic E-state index is -1.77. The van der Waals surface area contributed by atoms with Crippen LogP contribution in [-0.2, 0) is 23.9 Å². The average Bonchev–Trinajstić information content (AvgIpc) is 2.83. The Kier molecular flexibility index (Phi) is 6.34. The van der Waals surface area contributed by atoms with Gasteiger partial charge in [-0.1, -0.05) is 33.3 Å². The number of aliphatic hydroxyl groups is 4. The van der Waals surface area contributed by atoms with Crippen molar-refractivity contribution in [3.05, 3.63) is 47.0 Å². The molecule has 0 unspecified atom stereocenters. The van der Waals surface area contributed by atoms with E-state index in [2.05, 4.69) is 6.58 Å². The van der Waals surface area contributed by atoms with Crippen LogP contribution in [0.2, 0.25) is 0 Å². The van der Waals surface area contributed by atoms with Crippen LogP contribution in [0.5, 0.6) is 0 Å². The van der Waals surface area contributed by atoms with Crippen LogP contribution in [-0.4, -0.2) is 69.5 Å². The van der Waals surface area contributed by atoms with E-state index in [0.29, 0.717) is 24.8 Å². The highest BCUT2D eigenvalue weighted by Gasteiger charge is 2.62. The van der Waals surface area contributed by atoms with Crippen molar-refractivity contribution < 1.29 is 44.3 Å². The van der Waals surface area contributed by atoms with Crippen molar-refractivity contribution in [2.24, 2.45) is 16.2 Å². The zero-order valence-corrected chi connectivity index (χ0v) is 21.0. The Morgan fingerprint density at radius 1 is 1.14 bits per heavy atom. The summed E-state index contributed by atoms with van der Waals surface area (Å²) in [5, 5.41) is 43.3. The first kappa shape index (κ1) is 26.3. The number of hydrogen-bond acceptors (Lipinski definition) is 9. The fraction of sp³-hybridized carbons (Fsp3) is 0.593. The topological polar surface area (TPSA) is 151 Å². The summed E-state index contributed by atoms with van der Waals surface area (Å²) in [5.74, 6) is -3.15. The fourth-order valence-electron chi connectivity index (χ4n) is 6.43. The second kappa shape index (κ2) is 8.68. The predicted molar refractivity (Wildman–Crippen MR) is 127 cm³/mol. The van der Waals surface area contributed by atoms with Gasteiger partial charge in [0.25, 0.3) is 0 Å². The molecule has 36 heavy (non-hydrogen) atoms. The van der Waals surface area contributed by atoms with Gasteiger partial charge in [-0.3, -0.25) is 14.4 Å². The first-order valence-corrected chi connectivity index (χ1v) is 12.2. The molecule has 0 heterocycles. The van der Waals surface area contributed by atoms with Gasteiger partial charge in [-0.15, -0.1) is 6.58 Å². The molecular weight excluding hydrogens is 468 g/mol. The average molecular weight is 503 g/mol. The van der Waals surface area contributed by atoms with Crippen molar-refractivity contribution in [3.8, 4) is 0 Å². The summed E-state index contributed by atoms with van der Waals surface area (Å²) in [4.78, 5) is 40.2. The molecule has 4 aliphatic carbocycles. The second-order valence-corrected chi connectivity index (χ2v) is 11.1. The van der Waals surface area contributed by atoms with E-state index in [0.717, 1.165) is 6.08 Å². The van der Waals surface area contributed by atoms with Crippen LogP contribution in [0, 0.1) is 16.2 Å². The summed E-state index contributed by atoms with van der Waals surface area (Å²) in [6.45, 7) is 9.20. The highest BCUT2D eigenvalue weighted by Crippen LogP contribution is 2.62. The fourth-order valence-corrected chi connectivity index (χ4v) is 6.43. The van der Waals surface area contributed by atoms with Crippen molar-refractivity contribution >= 4 is 17.5 Å². The maximum absolute atomic E-state index is 14.1. The van der Waals surface area contributed by atoms with Gasteiger partial charge in [0.15, 0.2) is 11.9 Å². The molecule has 9 heteroatoms. The van der Waals surface area contributed by atoms with Crippen LogP contribution >= 0.6 is 0 Å². The molecule has 0 radical (unpaired) electrons. The molecule has 4 rings (SSSR count). The predicted octanol–water partition coefficient (Wildman–Crippen LogP) is 1.97. The van der Waals surface area contributed by atoms with Crippen LogP contribution in [0.25, 0.3) is 0 Å². The van der Waals surface area contributed by atoms with E-state index < -0.39 is 64.0 Å². The third-order valence-electron chi connectivity index (χ3n) is 8.58. The summed E-state index contributed by atoms with van der Waals surface area (Å²) in [6.07, 6.45) is -1.82. The van der Waals surface area contributed by atoms with Gasteiger partial charge in [-0.05, 0) is 36.7 Å². The lowest BCUT2D eigenvalue weighted by atomic mass is 9.50. The summed E-state index contributed by atoms with van der Waals surface area (Å²) in [5.41, 5.74) is -2.68. The quantitative estimate of drug-likeness (QED) is 0.334. The van der Waals surface area contributed by atoms with Gasteiger partial charge in [-0.2, -0.15) is 0 Å². The van der Waals surface area contributed by atoms with Crippen LogP contribution in [0.3, 0.4) is 0 Å². The number of hydrogen-bond donors (Lipinski definition) is 4. The molecule has 0 aromatic carbocycles. The largest absolute Gasteiger partial charge is 0.504 e. The summed E-state index contributed by atoms with van der Waals surface area (Å²) in [6, 6.07) is 0. The van der Waals surface area contributed by atoms with E-state index >= 15 is 0 Å². The summed E-state index contributed by atoms with van der Waals surface area (Å²) >= 11 is 0. The van der Waals surface area contributed by atoms with Crippen molar-refractivity contribution in [3.63, 3.8) is 0 Å². The van der Waals surface area contributed by atoms with Gasteiger partial charge >= 0.3 is 5.97 Å². The van der Waals surface area contributed by atoms with Gasteiger partial charge in [0.2, 0.25) is 11.6 Å². The Balaban J connectivity index is 1.88. The van der Waals surface area contributed by atoms with E-state index in [4.69, 9.17) is 9.47 Å². The lowest BCUT2D eigenvalue weighted by molar-refractivity contribution is -0.175. The first-order chi connectivity index (χ1) is 16.8. The summed E-state index contributed by atoms with van der Waals surface area (Å²) < 4.78 is 10.6. The number of ketones is 2. The third-order valence-corrected chi connectivity index (χ3v) is 8.58. The van der Waals surface area contributed by atoms with E-state index in [9.17, 15) is 34.8 Å². The molecule has 1 saturated carbocycles. The monoisotopic (exact) mass is 502 g/mol. The molecule has 0 saturated heterocycles. The number of ether oxygens (including phenoxy) is 2. The highest BCUT2D eigenvalue weighted by atomic mass is 16.6. The number of aliphatic hydroxyl groups excluding tert-OH is 4. The Morgan fingerprint density at radius 3 is 2.42 bits per heavy atom. The lowest BCUT2D eigenvalue weighted by Crippen LogP contribution is -2.55. The van der Waals surface area contributed by atoms with Crippen LogP contribution in [0.1, 0.15) is 52.9 Å².